The third-order valence-electron chi connectivity index (χ3n) is 4.69. The number of rotatable bonds is 6. The van der Waals surface area contributed by atoms with E-state index in [1.54, 1.807) is 17.2 Å². The number of anilines is 1. The van der Waals surface area contributed by atoms with Crippen LogP contribution < -0.4 is 4.90 Å². The highest BCUT2D eigenvalue weighted by Gasteiger charge is 2.23. The van der Waals surface area contributed by atoms with Crippen molar-refractivity contribution < 1.29 is 9.59 Å². The van der Waals surface area contributed by atoms with E-state index in [1.165, 1.54) is 0 Å². The zero-order valence-corrected chi connectivity index (χ0v) is 15.8. The van der Waals surface area contributed by atoms with E-state index in [1.807, 2.05) is 54.0 Å². The molecule has 0 unspecified atom stereocenters. The molecule has 2 aromatic rings. The van der Waals surface area contributed by atoms with Gasteiger partial charge in [0.05, 0.1) is 0 Å². The van der Waals surface area contributed by atoms with Crippen LogP contribution in [0.1, 0.15) is 29.9 Å². The number of nitrogens with zero attached hydrogens (tertiary/aromatic N) is 5. The molecule has 1 fully saturated rings. The molecular weight excluding hydrogens is 342 g/mol. The topological polar surface area (TPSA) is 69.6 Å². The van der Waals surface area contributed by atoms with Gasteiger partial charge in [-0.15, -0.1) is 0 Å². The molecule has 0 spiro atoms. The van der Waals surface area contributed by atoms with E-state index in [0.717, 1.165) is 12.0 Å². The first kappa shape index (κ1) is 18.8. The number of piperazine rings is 1. The average molecular weight is 367 g/mol. The summed E-state index contributed by atoms with van der Waals surface area (Å²) in [5, 5.41) is 0. The van der Waals surface area contributed by atoms with Crippen molar-refractivity contribution in [3.8, 4) is 0 Å². The first-order chi connectivity index (χ1) is 13.1. The summed E-state index contributed by atoms with van der Waals surface area (Å²) >= 11 is 0. The maximum absolute atomic E-state index is 13.1. The second-order valence-electron chi connectivity index (χ2n) is 6.88. The summed E-state index contributed by atoms with van der Waals surface area (Å²) in [6, 6.07) is 11.6. The molecule has 1 aromatic heterocycles. The molecule has 1 aliphatic rings. The highest BCUT2D eigenvalue weighted by Crippen LogP contribution is 2.15. The molecule has 2 amide bonds. The van der Waals surface area contributed by atoms with Gasteiger partial charge in [0.25, 0.3) is 5.91 Å². The van der Waals surface area contributed by atoms with Gasteiger partial charge in [-0.25, -0.2) is 9.97 Å². The summed E-state index contributed by atoms with van der Waals surface area (Å²) < 4.78 is 0. The highest BCUT2D eigenvalue weighted by molar-refractivity contribution is 5.92. The highest BCUT2D eigenvalue weighted by atomic mass is 16.2. The van der Waals surface area contributed by atoms with E-state index in [0.29, 0.717) is 44.4 Å². The predicted octanol–water partition coefficient (Wildman–Crippen LogP) is 1.81. The maximum Gasteiger partial charge on any atom is 0.273 e. The molecule has 1 saturated heterocycles. The Bertz CT molecular complexity index is 773. The number of amides is 2. The van der Waals surface area contributed by atoms with E-state index in [2.05, 4.69) is 9.97 Å². The number of carbonyl (C=O) groups is 2. The summed E-state index contributed by atoms with van der Waals surface area (Å²) in [5.74, 6) is 0.429. The van der Waals surface area contributed by atoms with Crippen molar-refractivity contribution in [2.45, 2.75) is 26.4 Å². The van der Waals surface area contributed by atoms with Gasteiger partial charge in [-0.05, 0) is 25.5 Å². The van der Waals surface area contributed by atoms with Crippen LogP contribution in [0.5, 0.6) is 0 Å². The van der Waals surface area contributed by atoms with Gasteiger partial charge >= 0.3 is 0 Å². The van der Waals surface area contributed by atoms with Crippen LogP contribution in [0.3, 0.4) is 0 Å². The average Bonchev–Trinajstić information content (AvgIpc) is 2.72. The van der Waals surface area contributed by atoms with Crippen LogP contribution in [0.15, 0.2) is 42.6 Å². The Morgan fingerprint density at radius 3 is 2.48 bits per heavy atom. The second-order valence-corrected chi connectivity index (χ2v) is 6.88. The Morgan fingerprint density at radius 1 is 1.15 bits per heavy atom. The number of hydrogen-bond donors (Lipinski definition) is 0. The smallest absolute Gasteiger partial charge is 0.273 e. The van der Waals surface area contributed by atoms with Gasteiger partial charge < -0.3 is 14.7 Å². The van der Waals surface area contributed by atoms with E-state index in [9.17, 15) is 9.59 Å². The third kappa shape index (κ3) is 4.61. The van der Waals surface area contributed by atoms with Crippen LogP contribution in [0.4, 0.5) is 5.95 Å². The fourth-order valence-corrected chi connectivity index (χ4v) is 3.06. The molecule has 1 aliphatic heterocycles. The lowest BCUT2D eigenvalue weighted by Gasteiger charge is -2.32. The van der Waals surface area contributed by atoms with Gasteiger partial charge in [0.1, 0.15) is 5.69 Å². The predicted molar refractivity (Wildman–Crippen MR) is 103 cm³/mol. The van der Waals surface area contributed by atoms with Crippen LogP contribution in [-0.4, -0.2) is 64.3 Å². The number of benzene rings is 1. The van der Waals surface area contributed by atoms with Crippen LogP contribution in [-0.2, 0) is 11.3 Å². The quantitative estimate of drug-likeness (QED) is 0.728. The molecule has 0 atom stereocenters. The molecule has 3 rings (SSSR count). The molecule has 0 saturated carbocycles. The van der Waals surface area contributed by atoms with E-state index in [4.69, 9.17) is 0 Å². The monoisotopic (exact) mass is 367 g/mol. The van der Waals surface area contributed by atoms with Gasteiger partial charge in [-0.2, -0.15) is 0 Å². The number of hydrogen-bond acceptors (Lipinski definition) is 5. The summed E-state index contributed by atoms with van der Waals surface area (Å²) in [7, 11) is 0. The van der Waals surface area contributed by atoms with E-state index in [-0.39, 0.29) is 11.9 Å². The molecule has 0 N–H and O–H groups in total. The SMILES string of the molecule is CC(C)N(Cc1ccccc1)C(=O)c1ccnc(N2CCN(C=O)CC2)n1. The van der Waals surface area contributed by atoms with E-state index < -0.39 is 0 Å². The van der Waals surface area contributed by atoms with Gasteiger partial charge in [0, 0.05) is 45.0 Å². The normalized spacial score (nSPS) is 14.3. The second kappa shape index (κ2) is 8.62. The van der Waals surface area contributed by atoms with Crippen LogP contribution in [0, 0.1) is 0 Å². The first-order valence-corrected chi connectivity index (χ1v) is 9.20. The zero-order valence-electron chi connectivity index (χ0n) is 15.8. The Labute approximate surface area is 159 Å². The molecule has 0 aliphatic carbocycles. The molecule has 0 radical (unpaired) electrons. The molecule has 0 bridgehead atoms. The molecule has 7 heteroatoms. The Balaban J connectivity index is 1.76. The molecule has 27 heavy (non-hydrogen) atoms. The maximum atomic E-state index is 13.1. The minimum Gasteiger partial charge on any atom is -0.342 e. The number of carbonyl (C=O) groups excluding carboxylic acids is 2. The Hall–Kier alpha value is -2.96. The van der Waals surface area contributed by atoms with Crippen molar-refractivity contribution in [2.75, 3.05) is 31.1 Å². The molecule has 2 heterocycles. The van der Waals surface area contributed by atoms with Gasteiger partial charge in [0.15, 0.2) is 0 Å². The first-order valence-electron chi connectivity index (χ1n) is 9.20. The summed E-state index contributed by atoms with van der Waals surface area (Å²) in [5.41, 5.74) is 1.47. The van der Waals surface area contributed by atoms with Crippen LogP contribution in [0.25, 0.3) is 0 Å². The van der Waals surface area contributed by atoms with Crippen molar-refractivity contribution in [3.05, 3.63) is 53.9 Å². The summed E-state index contributed by atoms with van der Waals surface area (Å²) in [6.45, 7) is 7.13. The van der Waals surface area contributed by atoms with Crippen molar-refractivity contribution in [1.29, 1.82) is 0 Å². The minimum atomic E-state index is -0.107. The van der Waals surface area contributed by atoms with Crippen molar-refractivity contribution >= 4 is 18.3 Å². The summed E-state index contributed by atoms with van der Waals surface area (Å²) in [4.78, 5) is 38.3. The summed E-state index contributed by atoms with van der Waals surface area (Å²) in [6.07, 6.45) is 2.49. The van der Waals surface area contributed by atoms with Crippen molar-refractivity contribution in [2.24, 2.45) is 0 Å². The fraction of sp³-hybridized carbons (Fsp3) is 0.400. The van der Waals surface area contributed by atoms with Gasteiger partial charge in [0.2, 0.25) is 12.4 Å². The fourth-order valence-electron chi connectivity index (χ4n) is 3.06. The van der Waals surface area contributed by atoms with E-state index >= 15 is 0 Å². The lowest BCUT2D eigenvalue weighted by Crippen LogP contribution is -2.46. The van der Waals surface area contributed by atoms with Crippen molar-refractivity contribution in [3.63, 3.8) is 0 Å². The zero-order chi connectivity index (χ0) is 19.2. The minimum absolute atomic E-state index is 0.0484. The molecule has 142 valence electrons. The van der Waals surface area contributed by atoms with Crippen molar-refractivity contribution in [1.82, 2.24) is 19.8 Å². The Morgan fingerprint density at radius 2 is 1.85 bits per heavy atom. The largest absolute Gasteiger partial charge is 0.342 e. The molecular formula is C20H25N5O2. The Kier molecular flexibility index (Phi) is 6.01. The third-order valence-corrected chi connectivity index (χ3v) is 4.69. The lowest BCUT2D eigenvalue weighted by atomic mass is 10.1. The lowest BCUT2D eigenvalue weighted by molar-refractivity contribution is -0.118. The van der Waals surface area contributed by atoms with Gasteiger partial charge in [-0.3, -0.25) is 9.59 Å². The van der Waals surface area contributed by atoms with Crippen LogP contribution in [0.2, 0.25) is 0 Å². The molecule has 1 aromatic carbocycles. The van der Waals surface area contributed by atoms with Crippen LogP contribution >= 0.6 is 0 Å². The number of aromatic nitrogens is 2. The molecule has 7 nitrogen and oxygen atoms in total. The standard InChI is InChI=1S/C20H25N5O2/c1-16(2)25(14-17-6-4-3-5-7-17)19(27)18-8-9-21-20(22-18)24-12-10-23(15-26)11-13-24/h3-9,15-16H,10-14H2,1-2H3. The van der Waals surface area contributed by atoms with Gasteiger partial charge in [-0.1, -0.05) is 30.3 Å².